The first-order valence-electron chi connectivity index (χ1n) is 10.9. The van der Waals surface area contributed by atoms with E-state index in [1.54, 1.807) is 36.1 Å². The molecule has 0 radical (unpaired) electrons. The van der Waals surface area contributed by atoms with E-state index in [0.29, 0.717) is 48.6 Å². The number of aromatic nitrogens is 2. The number of hydrogen-bond donors (Lipinski definition) is 0. The summed E-state index contributed by atoms with van der Waals surface area (Å²) in [4.78, 5) is 38.7. The largest absolute Gasteiger partial charge is 0.461 e. The zero-order valence-electron chi connectivity index (χ0n) is 19.0. The molecule has 0 N–H and O–H groups in total. The summed E-state index contributed by atoms with van der Waals surface area (Å²) in [6.45, 7) is 8.01. The summed E-state index contributed by atoms with van der Waals surface area (Å²) in [5.41, 5.74) is 4.81. The van der Waals surface area contributed by atoms with Gasteiger partial charge in [-0.1, -0.05) is 0 Å². The minimum atomic E-state index is -0.504. The van der Waals surface area contributed by atoms with Crippen LogP contribution < -0.4 is 4.90 Å². The Morgan fingerprint density at radius 2 is 1.61 bits per heavy atom. The topological polar surface area (TPSA) is 99.4 Å². The lowest BCUT2D eigenvalue weighted by molar-refractivity contribution is 0.0519. The third-order valence-corrected chi connectivity index (χ3v) is 5.86. The molecule has 1 aliphatic heterocycles. The zero-order valence-corrected chi connectivity index (χ0v) is 19.0. The van der Waals surface area contributed by atoms with Gasteiger partial charge in [0.1, 0.15) is 0 Å². The Balaban J connectivity index is 1.59. The Hall–Kier alpha value is -3.99. The number of hydrogen-bond acceptors (Lipinski definition) is 7. The summed E-state index contributed by atoms with van der Waals surface area (Å²) < 4.78 is 5.24. The SMILES string of the molecule is CCOC(=O)c1nc2cc(C)c(C)cc2nc1N1CCN(C(=O)c2ccc(C#N)cc2)CC1. The number of aryl methyl sites for hydroxylation is 2. The standard InChI is InChI=1S/C25H25N5O3/c1-4-33-25(32)22-23(28-21-14-17(3)16(2)13-20(21)27-22)29-9-11-30(12-10-29)24(31)19-7-5-18(15-26)6-8-19/h5-8,13-14H,4,9-12H2,1-3H3. The Labute approximate surface area is 192 Å². The second kappa shape index (κ2) is 9.25. The number of amides is 1. The molecule has 1 fully saturated rings. The maximum absolute atomic E-state index is 12.9. The minimum Gasteiger partial charge on any atom is -0.461 e. The first-order chi connectivity index (χ1) is 15.9. The van der Waals surface area contributed by atoms with E-state index >= 15 is 0 Å². The maximum atomic E-state index is 12.9. The van der Waals surface area contributed by atoms with Gasteiger partial charge >= 0.3 is 5.97 Å². The number of anilines is 1. The summed E-state index contributed by atoms with van der Waals surface area (Å²) >= 11 is 0. The normalized spacial score (nSPS) is 13.6. The molecule has 168 valence electrons. The van der Waals surface area contributed by atoms with Crippen molar-refractivity contribution in [1.82, 2.24) is 14.9 Å². The second-order valence-electron chi connectivity index (χ2n) is 8.01. The van der Waals surface area contributed by atoms with E-state index < -0.39 is 5.97 Å². The van der Waals surface area contributed by atoms with Crippen LogP contribution in [0.1, 0.15) is 44.5 Å². The van der Waals surface area contributed by atoms with Crippen LogP contribution in [0.5, 0.6) is 0 Å². The number of nitrogens with zero attached hydrogens (tertiary/aromatic N) is 5. The molecule has 0 atom stereocenters. The summed E-state index contributed by atoms with van der Waals surface area (Å²) in [7, 11) is 0. The van der Waals surface area contributed by atoms with Gasteiger partial charge in [0.2, 0.25) is 0 Å². The van der Waals surface area contributed by atoms with E-state index in [1.165, 1.54) is 0 Å². The molecule has 33 heavy (non-hydrogen) atoms. The molecule has 0 saturated carbocycles. The molecule has 0 aliphatic carbocycles. The molecule has 2 heterocycles. The van der Waals surface area contributed by atoms with Gasteiger partial charge in [0.05, 0.1) is 29.3 Å². The van der Waals surface area contributed by atoms with E-state index in [4.69, 9.17) is 15.0 Å². The van der Waals surface area contributed by atoms with Gasteiger partial charge in [-0.3, -0.25) is 4.79 Å². The van der Waals surface area contributed by atoms with E-state index in [0.717, 1.165) is 16.6 Å². The molecule has 0 unspecified atom stereocenters. The van der Waals surface area contributed by atoms with Crippen molar-refractivity contribution < 1.29 is 14.3 Å². The van der Waals surface area contributed by atoms with Crippen LogP contribution in [-0.2, 0) is 4.74 Å². The maximum Gasteiger partial charge on any atom is 0.360 e. The van der Waals surface area contributed by atoms with Crippen molar-refractivity contribution in [2.24, 2.45) is 0 Å². The molecule has 0 bridgehead atoms. The second-order valence-corrected chi connectivity index (χ2v) is 8.01. The lowest BCUT2D eigenvalue weighted by Crippen LogP contribution is -2.49. The smallest absolute Gasteiger partial charge is 0.360 e. The number of carbonyl (C=O) groups excluding carboxylic acids is 2. The van der Waals surface area contributed by atoms with Gasteiger partial charge in [0, 0.05) is 31.7 Å². The Bertz CT molecular complexity index is 1260. The number of carbonyl (C=O) groups is 2. The Kier molecular flexibility index (Phi) is 6.22. The van der Waals surface area contributed by atoms with E-state index in [9.17, 15) is 9.59 Å². The highest BCUT2D eigenvalue weighted by Gasteiger charge is 2.28. The number of piperazine rings is 1. The molecule has 4 rings (SSSR count). The highest BCUT2D eigenvalue weighted by atomic mass is 16.5. The number of nitriles is 1. The van der Waals surface area contributed by atoms with Crippen LogP contribution in [0.4, 0.5) is 5.82 Å². The van der Waals surface area contributed by atoms with Gasteiger partial charge in [-0.15, -0.1) is 0 Å². The molecule has 1 aromatic heterocycles. The van der Waals surface area contributed by atoms with Crippen molar-refractivity contribution in [3.8, 4) is 6.07 Å². The van der Waals surface area contributed by atoms with E-state index in [2.05, 4.69) is 11.1 Å². The highest BCUT2D eigenvalue weighted by molar-refractivity contribution is 5.96. The zero-order chi connectivity index (χ0) is 23.5. The van der Waals surface area contributed by atoms with Crippen molar-refractivity contribution in [2.75, 3.05) is 37.7 Å². The van der Waals surface area contributed by atoms with Crippen molar-refractivity contribution in [3.05, 3.63) is 64.3 Å². The first kappa shape index (κ1) is 22.2. The molecule has 0 spiro atoms. The van der Waals surface area contributed by atoms with Gasteiger partial charge < -0.3 is 14.5 Å². The summed E-state index contributed by atoms with van der Waals surface area (Å²) in [5.74, 6) is -0.105. The highest BCUT2D eigenvalue weighted by Crippen LogP contribution is 2.25. The van der Waals surface area contributed by atoms with E-state index in [1.807, 2.05) is 30.9 Å². The predicted octanol–water partition coefficient (Wildman–Crippen LogP) is 3.26. The van der Waals surface area contributed by atoms with Crippen molar-refractivity contribution in [2.45, 2.75) is 20.8 Å². The molecule has 1 aliphatic rings. The third kappa shape index (κ3) is 4.48. The van der Waals surface area contributed by atoms with Crippen LogP contribution in [0.25, 0.3) is 11.0 Å². The van der Waals surface area contributed by atoms with Gasteiger partial charge in [-0.05, 0) is 68.3 Å². The van der Waals surface area contributed by atoms with Gasteiger partial charge in [0.25, 0.3) is 5.91 Å². The monoisotopic (exact) mass is 443 g/mol. The first-order valence-corrected chi connectivity index (χ1v) is 10.9. The average Bonchev–Trinajstić information content (AvgIpc) is 2.84. The molecule has 1 amide bonds. The molecule has 3 aromatic rings. The number of ether oxygens (including phenoxy) is 1. The van der Waals surface area contributed by atoms with Crippen LogP contribution >= 0.6 is 0 Å². The van der Waals surface area contributed by atoms with Crippen LogP contribution in [0, 0.1) is 25.2 Å². The average molecular weight is 444 g/mol. The fourth-order valence-electron chi connectivity index (χ4n) is 3.85. The number of rotatable bonds is 4. The molecular formula is C25H25N5O3. The van der Waals surface area contributed by atoms with E-state index in [-0.39, 0.29) is 18.2 Å². The molecular weight excluding hydrogens is 418 g/mol. The Morgan fingerprint density at radius 3 is 2.18 bits per heavy atom. The number of benzene rings is 2. The van der Waals surface area contributed by atoms with Crippen molar-refractivity contribution in [3.63, 3.8) is 0 Å². The summed E-state index contributed by atoms with van der Waals surface area (Å²) in [6.07, 6.45) is 0. The quantitative estimate of drug-likeness (QED) is 0.571. The van der Waals surface area contributed by atoms with Crippen LogP contribution in [0.3, 0.4) is 0 Å². The van der Waals surface area contributed by atoms with Crippen molar-refractivity contribution >= 4 is 28.7 Å². The minimum absolute atomic E-state index is 0.0829. The van der Waals surface area contributed by atoms with Crippen LogP contribution in [0.15, 0.2) is 36.4 Å². The van der Waals surface area contributed by atoms with Gasteiger partial charge in [-0.25, -0.2) is 14.8 Å². The number of esters is 1. The van der Waals surface area contributed by atoms with Crippen LogP contribution in [-0.4, -0.2) is 59.5 Å². The molecule has 8 heteroatoms. The fourth-order valence-corrected chi connectivity index (χ4v) is 3.85. The molecule has 8 nitrogen and oxygen atoms in total. The molecule has 2 aromatic carbocycles. The van der Waals surface area contributed by atoms with Crippen molar-refractivity contribution in [1.29, 1.82) is 5.26 Å². The summed E-state index contributed by atoms with van der Waals surface area (Å²) in [5, 5.41) is 8.95. The summed E-state index contributed by atoms with van der Waals surface area (Å²) in [6, 6.07) is 12.6. The lowest BCUT2D eigenvalue weighted by atomic mass is 10.1. The van der Waals surface area contributed by atoms with Gasteiger partial charge in [0.15, 0.2) is 11.5 Å². The van der Waals surface area contributed by atoms with Crippen LogP contribution in [0.2, 0.25) is 0 Å². The predicted molar refractivity (Wildman–Crippen MR) is 124 cm³/mol. The number of fused-ring (bicyclic) bond motifs is 1. The lowest BCUT2D eigenvalue weighted by Gasteiger charge is -2.36. The fraction of sp³-hybridized carbons (Fsp3) is 0.320. The third-order valence-electron chi connectivity index (χ3n) is 5.86. The Morgan fingerprint density at radius 1 is 1.00 bits per heavy atom. The molecule has 1 saturated heterocycles. The van der Waals surface area contributed by atoms with Gasteiger partial charge in [-0.2, -0.15) is 5.26 Å².